The first-order valence-corrected chi connectivity index (χ1v) is 13.3. The van der Waals surface area contributed by atoms with Crippen LogP contribution in [0.4, 0.5) is 11.4 Å². The Morgan fingerprint density at radius 2 is 1.67 bits per heavy atom. The first-order valence-electron chi connectivity index (χ1n) is 11.7. The van der Waals surface area contributed by atoms with E-state index in [2.05, 4.69) is 29.2 Å². The number of carbonyl (C=O) groups excluding carboxylic acids is 2. The molecule has 0 aliphatic carbocycles. The maximum absolute atomic E-state index is 13.7. The first kappa shape index (κ1) is 24.2. The number of aliphatic imine (C=N–C) groups is 1. The molecule has 2 heterocycles. The Kier molecular flexibility index (Phi) is 7.16. The van der Waals surface area contributed by atoms with E-state index < -0.39 is 0 Å². The second kappa shape index (κ2) is 10.6. The van der Waals surface area contributed by atoms with Gasteiger partial charge in [0, 0.05) is 18.5 Å². The lowest BCUT2D eigenvalue weighted by Crippen LogP contribution is -2.31. The van der Waals surface area contributed by atoms with Gasteiger partial charge >= 0.3 is 5.97 Å². The van der Waals surface area contributed by atoms with Gasteiger partial charge in [-0.2, -0.15) is 0 Å². The molecule has 3 aromatic carbocycles. The lowest BCUT2D eigenvalue weighted by atomic mass is 10.1. The first-order chi connectivity index (χ1) is 17.5. The molecule has 0 spiro atoms. The van der Waals surface area contributed by atoms with Gasteiger partial charge in [0.15, 0.2) is 5.17 Å². The fourth-order valence-electron chi connectivity index (χ4n) is 4.00. The Labute approximate surface area is 219 Å². The predicted octanol–water partition coefficient (Wildman–Crippen LogP) is 6.08. The van der Waals surface area contributed by atoms with Gasteiger partial charge in [0.25, 0.3) is 5.91 Å². The Morgan fingerprint density at radius 3 is 2.39 bits per heavy atom. The smallest absolute Gasteiger partial charge is 0.338 e. The number of ether oxygens (including phenoxy) is 1. The summed E-state index contributed by atoms with van der Waals surface area (Å²) in [5.41, 5.74) is 3.40. The van der Waals surface area contributed by atoms with Crippen molar-refractivity contribution in [2.24, 2.45) is 4.99 Å². The normalized spacial score (nSPS) is 18.2. The molecule has 5 rings (SSSR count). The van der Waals surface area contributed by atoms with Crippen LogP contribution in [0.1, 0.15) is 22.8 Å². The number of fused-ring (bicyclic) bond motifs is 1. The molecule has 0 atom stereocenters. The quantitative estimate of drug-likeness (QED) is 0.293. The van der Waals surface area contributed by atoms with E-state index >= 15 is 0 Å². The van der Waals surface area contributed by atoms with Gasteiger partial charge in [0.2, 0.25) is 0 Å². The van der Waals surface area contributed by atoms with Crippen molar-refractivity contribution in [3.05, 3.63) is 99.9 Å². The third kappa shape index (κ3) is 4.92. The Morgan fingerprint density at radius 1 is 0.944 bits per heavy atom. The highest BCUT2D eigenvalue weighted by Gasteiger charge is 2.38. The summed E-state index contributed by atoms with van der Waals surface area (Å²) in [6, 6.07) is 25.2. The predicted molar refractivity (Wildman–Crippen MR) is 147 cm³/mol. The zero-order valence-corrected chi connectivity index (χ0v) is 21.6. The summed E-state index contributed by atoms with van der Waals surface area (Å²) >= 11 is 3.01. The van der Waals surface area contributed by atoms with Gasteiger partial charge < -0.3 is 9.64 Å². The fourth-order valence-corrected chi connectivity index (χ4v) is 6.37. The van der Waals surface area contributed by atoms with Gasteiger partial charge in [-0.1, -0.05) is 54.2 Å². The summed E-state index contributed by atoms with van der Waals surface area (Å²) in [6.45, 7) is 2.63. The molecule has 8 heteroatoms. The Hall–Kier alpha value is -3.49. The molecule has 0 bridgehead atoms. The number of hydrogen-bond donors (Lipinski definition) is 0. The molecule has 182 valence electrons. The number of benzene rings is 3. The minimum atomic E-state index is -0.362. The number of carbonyl (C=O) groups is 2. The number of amidine groups is 1. The number of thioether (sulfide) groups is 2. The number of nitrogens with zero attached hydrogens (tertiary/aromatic N) is 3. The van der Waals surface area contributed by atoms with Crippen LogP contribution in [0.25, 0.3) is 0 Å². The molecule has 3 aromatic rings. The van der Waals surface area contributed by atoms with E-state index in [0.29, 0.717) is 34.5 Å². The second-order valence-corrected chi connectivity index (χ2v) is 10.2. The summed E-state index contributed by atoms with van der Waals surface area (Å²) in [6.07, 6.45) is 0.722. The number of amides is 1. The van der Waals surface area contributed by atoms with Crippen LogP contribution in [-0.2, 0) is 16.0 Å². The molecule has 1 fully saturated rings. The molecule has 0 aromatic heterocycles. The van der Waals surface area contributed by atoms with Gasteiger partial charge in [-0.05, 0) is 67.1 Å². The molecule has 1 saturated heterocycles. The van der Waals surface area contributed by atoms with Crippen molar-refractivity contribution in [2.45, 2.75) is 18.2 Å². The summed E-state index contributed by atoms with van der Waals surface area (Å²) in [7, 11) is 1.99. The number of para-hydroxylation sites is 1. The molecule has 0 unspecified atom stereocenters. The molecular formula is C28H25N3O3S2. The van der Waals surface area contributed by atoms with Gasteiger partial charge in [0.1, 0.15) is 4.91 Å². The fraction of sp³-hybridized carbons (Fsp3) is 0.179. The van der Waals surface area contributed by atoms with Crippen LogP contribution in [0.3, 0.4) is 0 Å². The number of rotatable bonds is 6. The van der Waals surface area contributed by atoms with Crippen LogP contribution in [0.2, 0.25) is 0 Å². The lowest BCUT2D eigenvalue weighted by molar-refractivity contribution is -0.122. The second-order valence-electron chi connectivity index (χ2n) is 8.22. The van der Waals surface area contributed by atoms with Crippen LogP contribution in [0.5, 0.6) is 0 Å². The zero-order chi connectivity index (χ0) is 25.1. The van der Waals surface area contributed by atoms with Gasteiger partial charge in [-0.15, -0.1) is 0 Å². The van der Waals surface area contributed by atoms with Crippen LogP contribution in [0, 0.1) is 0 Å². The molecule has 0 saturated carbocycles. The maximum atomic E-state index is 13.7. The molecule has 0 radical (unpaired) electrons. The number of esters is 1. The largest absolute Gasteiger partial charge is 0.462 e. The van der Waals surface area contributed by atoms with E-state index in [4.69, 9.17) is 9.73 Å². The standard InChI is InChI=1S/C28H25N3O3S2/c1-3-34-27(33)20-13-15-21(16-14-20)29-28-31(18-17-19-9-5-4-6-10-19)25(32)24(36-28)26-30(2)22-11-7-8-12-23(22)35-26/h4-16H,3,17-18H2,1-2H3. The van der Waals surface area contributed by atoms with Gasteiger partial charge in [-0.25, -0.2) is 9.79 Å². The van der Waals surface area contributed by atoms with Crippen molar-refractivity contribution in [1.82, 2.24) is 4.90 Å². The summed E-state index contributed by atoms with van der Waals surface area (Å²) in [5.74, 6) is -0.403. The van der Waals surface area contributed by atoms with Crippen LogP contribution in [0.15, 0.2) is 98.7 Å². The topological polar surface area (TPSA) is 62.2 Å². The minimum Gasteiger partial charge on any atom is -0.462 e. The number of hydrogen-bond acceptors (Lipinski definition) is 7. The summed E-state index contributed by atoms with van der Waals surface area (Å²) < 4.78 is 5.07. The van der Waals surface area contributed by atoms with Crippen LogP contribution in [-0.4, -0.2) is 42.1 Å². The third-order valence-corrected chi connectivity index (χ3v) is 8.30. The molecule has 1 amide bonds. The SMILES string of the molecule is CCOC(=O)c1ccc(N=C2SC(=C3Sc4ccccc4N3C)C(=O)N2CCc2ccccc2)cc1. The van der Waals surface area contributed by atoms with Crippen molar-refractivity contribution >= 4 is 51.9 Å². The van der Waals surface area contributed by atoms with Crippen molar-refractivity contribution < 1.29 is 14.3 Å². The van der Waals surface area contributed by atoms with Crippen molar-refractivity contribution in [3.63, 3.8) is 0 Å². The van der Waals surface area contributed by atoms with E-state index in [1.165, 1.54) is 11.8 Å². The van der Waals surface area contributed by atoms with Crippen molar-refractivity contribution in [2.75, 3.05) is 25.1 Å². The minimum absolute atomic E-state index is 0.0417. The molecule has 36 heavy (non-hydrogen) atoms. The van der Waals surface area contributed by atoms with E-state index in [1.54, 1.807) is 47.9 Å². The molecule has 0 N–H and O–H groups in total. The van der Waals surface area contributed by atoms with Crippen molar-refractivity contribution in [3.8, 4) is 0 Å². The molecular weight excluding hydrogens is 490 g/mol. The monoisotopic (exact) mass is 515 g/mol. The van der Waals surface area contributed by atoms with E-state index in [9.17, 15) is 9.59 Å². The Balaban J connectivity index is 1.46. The highest BCUT2D eigenvalue weighted by atomic mass is 32.2. The summed E-state index contributed by atoms with van der Waals surface area (Å²) in [5, 5.41) is 1.55. The van der Waals surface area contributed by atoms with Crippen LogP contribution < -0.4 is 4.90 Å². The third-order valence-electron chi connectivity index (χ3n) is 5.87. The zero-order valence-electron chi connectivity index (χ0n) is 20.0. The molecule has 2 aliphatic heterocycles. The Bertz CT molecular complexity index is 1350. The van der Waals surface area contributed by atoms with E-state index in [0.717, 1.165) is 27.6 Å². The lowest BCUT2D eigenvalue weighted by Gasteiger charge is -2.16. The molecule has 2 aliphatic rings. The van der Waals surface area contributed by atoms with Crippen LogP contribution >= 0.6 is 23.5 Å². The maximum Gasteiger partial charge on any atom is 0.338 e. The average molecular weight is 516 g/mol. The van der Waals surface area contributed by atoms with E-state index in [1.807, 2.05) is 37.4 Å². The van der Waals surface area contributed by atoms with Gasteiger partial charge in [-0.3, -0.25) is 9.69 Å². The highest BCUT2D eigenvalue weighted by molar-refractivity contribution is 8.19. The van der Waals surface area contributed by atoms with E-state index in [-0.39, 0.29) is 11.9 Å². The van der Waals surface area contributed by atoms with Crippen molar-refractivity contribution in [1.29, 1.82) is 0 Å². The average Bonchev–Trinajstić information content (AvgIpc) is 3.39. The number of anilines is 1. The molecule has 6 nitrogen and oxygen atoms in total. The highest BCUT2D eigenvalue weighted by Crippen LogP contribution is 2.50. The van der Waals surface area contributed by atoms with Gasteiger partial charge in [0.05, 0.1) is 28.6 Å². The summed E-state index contributed by atoms with van der Waals surface area (Å²) in [4.78, 5) is 36.2.